The molecule has 0 bridgehead atoms. The summed E-state index contributed by atoms with van der Waals surface area (Å²) in [7, 11) is 2.03. The van der Waals surface area contributed by atoms with Gasteiger partial charge in [0.05, 0.1) is 0 Å². The molecule has 4 heteroatoms. The van der Waals surface area contributed by atoms with Crippen molar-refractivity contribution in [1.29, 1.82) is 0 Å². The molecule has 0 unspecified atom stereocenters. The number of rotatable bonds is 4. The van der Waals surface area contributed by atoms with Gasteiger partial charge in [0.25, 0.3) is 0 Å². The van der Waals surface area contributed by atoms with Gasteiger partial charge in [-0.05, 0) is 48.5 Å². The second-order valence-electron chi connectivity index (χ2n) is 4.65. The van der Waals surface area contributed by atoms with Gasteiger partial charge in [-0.2, -0.15) is 0 Å². The van der Waals surface area contributed by atoms with E-state index in [1.807, 2.05) is 25.2 Å². The van der Waals surface area contributed by atoms with E-state index in [4.69, 9.17) is 5.73 Å². The van der Waals surface area contributed by atoms with E-state index in [1.165, 1.54) is 12.1 Å². The van der Waals surface area contributed by atoms with Gasteiger partial charge in [-0.1, -0.05) is 28.1 Å². The Labute approximate surface area is 121 Å². The average Bonchev–Trinajstić information content (AvgIpc) is 2.37. The van der Waals surface area contributed by atoms with Gasteiger partial charge in [-0.25, -0.2) is 4.39 Å². The molecule has 2 nitrogen and oxygen atoms in total. The van der Waals surface area contributed by atoms with Gasteiger partial charge in [-0.15, -0.1) is 0 Å². The lowest BCUT2D eigenvalue weighted by Crippen LogP contribution is -2.17. The van der Waals surface area contributed by atoms with Crippen molar-refractivity contribution in [2.24, 2.45) is 0 Å². The van der Waals surface area contributed by atoms with Crippen LogP contribution in [-0.4, -0.2) is 11.9 Å². The van der Waals surface area contributed by atoms with Crippen LogP contribution in [0.15, 0.2) is 46.9 Å². The molecule has 0 aromatic heterocycles. The predicted molar refractivity (Wildman–Crippen MR) is 80.1 cm³/mol. The number of nitrogen functional groups attached to an aromatic ring is 1. The van der Waals surface area contributed by atoms with Crippen molar-refractivity contribution in [3.8, 4) is 0 Å². The van der Waals surface area contributed by atoms with Crippen LogP contribution in [0.5, 0.6) is 0 Å². The van der Waals surface area contributed by atoms with E-state index < -0.39 is 0 Å². The summed E-state index contributed by atoms with van der Waals surface area (Å²) in [6, 6.07) is 12.4. The number of hydrogen-bond donors (Lipinski definition) is 1. The Kier molecular flexibility index (Phi) is 4.56. The fourth-order valence-electron chi connectivity index (χ4n) is 1.96. The Hall–Kier alpha value is -1.39. The van der Waals surface area contributed by atoms with Crippen molar-refractivity contribution >= 4 is 21.6 Å². The van der Waals surface area contributed by atoms with Crippen molar-refractivity contribution in [1.82, 2.24) is 4.90 Å². The molecule has 0 aliphatic rings. The first-order chi connectivity index (χ1) is 9.04. The van der Waals surface area contributed by atoms with Gasteiger partial charge in [0, 0.05) is 23.2 Å². The third kappa shape index (κ3) is 4.04. The lowest BCUT2D eigenvalue weighted by atomic mass is 10.1. The van der Waals surface area contributed by atoms with E-state index in [9.17, 15) is 4.39 Å². The Bertz CT molecular complexity index is 555. The summed E-state index contributed by atoms with van der Waals surface area (Å²) in [6.45, 7) is 1.55. The largest absolute Gasteiger partial charge is 0.399 e. The van der Waals surface area contributed by atoms with Crippen LogP contribution in [-0.2, 0) is 13.1 Å². The second-order valence-corrected chi connectivity index (χ2v) is 5.50. The summed E-state index contributed by atoms with van der Waals surface area (Å²) in [5.41, 5.74) is 8.78. The third-order valence-electron chi connectivity index (χ3n) is 2.88. The SMILES string of the molecule is CN(Cc1ccc(F)cc1)Cc1cc(N)ccc1Br. The zero-order chi connectivity index (χ0) is 13.8. The van der Waals surface area contributed by atoms with Crippen LogP contribution < -0.4 is 5.73 Å². The van der Waals surface area contributed by atoms with Gasteiger partial charge < -0.3 is 5.73 Å². The molecule has 0 heterocycles. The molecule has 0 aliphatic heterocycles. The van der Waals surface area contributed by atoms with Crippen molar-refractivity contribution in [2.45, 2.75) is 13.1 Å². The van der Waals surface area contributed by atoms with Crippen LogP contribution in [0, 0.1) is 5.82 Å². The van der Waals surface area contributed by atoms with Crippen molar-refractivity contribution in [2.75, 3.05) is 12.8 Å². The summed E-state index contributed by atoms with van der Waals surface area (Å²) in [6.07, 6.45) is 0. The summed E-state index contributed by atoms with van der Waals surface area (Å²) in [5.74, 6) is -0.204. The minimum absolute atomic E-state index is 0.204. The molecule has 2 aromatic rings. The van der Waals surface area contributed by atoms with Gasteiger partial charge in [0.15, 0.2) is 0 Å². The molecule has 2 aromatic carbocycles. The Balaban J connectivity index is 2.02. The maximum absolute atomic E-state index is 12.8. The molecule has 0 saturated heterocycles. The van der Waals surface area contributed by atoms with E-state index in [-0.39, 0.29) is 5.82 Å². The quantitative estimate of drug-likeness (QED) is 0.867. The summed E-state index contributed by atoms with van der Waals surface area (Å²) in [4.78, 5) is 2.16. The van der Waals surface area contributed by atoms with Crippen molar-refractivity contribution in [3.63, 3.8) is 0 Å². The fourth-order valence-corrected chi connectivity index (χ4v) is 2.34. The highest BCUT2D eigenvalue weighted by atomic mass is 79.9. The Morgan fingerprint density at radius 1 is 1.11 bits per heavy atom. The molecule has 0 spiro atoms. The van der Waals surface area contributed by atoms with Crippen LogP contribution >= 0.6 is 15.9 Å². The number of halogens is 2. The van der Waals surface area contributed by atoms with Crippen LogP contribution in [0.3, 0.4) is 0 Å². The van der Waals surface area contributed by atoms with Crippen LogP contribution in [0.1, 0.15) is 11.1 Å². The molecular weight excluding hydrogens is 307 g/mol. The first-order valence-electron chi connectivity index (χ1n) is 6.01. The smallest absolute Gasteiger partial charge is 0.123 e. The highest BCUT2D eigenvalue weighted by molar-refractivity contribution is 9.10. The standard InChI is InChI=1S/C15H16BrFN2/c1-19(9-11-2-4-13(17)5-3-11)10-12-8-14(18)6-7-15(12)16/h2-8H,9-10,18H2,1H3. The maximum atomic E-state index is 12.8. The molecule has 100 valence electrons. The molecule has 2 rings (SSSR count). The third-order valence-corrected chi connectivity index (χ3v) is 3.65. The molecular formula is C15H16BrFN2. The number of nitrogens with zero attached hydrogens (tertiary/aromatic N) is 1. The highest BCUT2D eigenvalue weighted by Crippen LogP contribution is 2.21. The van der Waals surface area contributed by atoms with E-state index in [2.05, 4.69) is 20.8 Å². The molecule has 0 fully saturated rings. The van der Waals surface area contributed by atoms with Gasteiger partial charge >= 0.3 is 0 Å². The van der Waals surface area contributed by atoms with Gasteiger partial charge in [0.1, 0.15) is 5.82 Å². The second kappa shape index (κ2) is 6.17. The zero-order valence-electron chi connectivity index (χ0n) is 10.7. The molecule has 2 N–H and O–H groups in total. The van der Waals surface area contributed by atoms with E-state index >= 15 is 0 Å². The lowest BCUT2D eigenvalue weighted by Gasteiger charge is -2.18. The monoisotopic (exact) mass is 322 g/mol. The average molecular weight is 323 g/mol. The topological polar surface area (TPSA) is 29.3 Å². The lowest BCUT2D eigenvalue weighted by molar-refractivity contribution is 0.318. The first-order valence-corrected chi connectivity index (χ1v) is 6.81. The number of anilines is 1. The van der Waals surface area contributed by atoms with Crippen LogP contribution in [0.25, 0.3) is 0 Å². The summed E-state index contributed by atoms with van der Waals surface area (Å²) < 4.78 is 13.9. The zero-order valence-corrected chi connectivity index (χ0v) is 12.3. The minimum atomic E-state index is -0.204. The molecule has 0 atom stereocenters. The normalized spacial score (nSPS) is 10.9. The van der Waals surface area contributed by atoms with Gasteiger partial charge in [-0.3, -0.25) is 4.90 Å². The molecule has 0 saturated carbocycles. The van der Waals surface area contributed by atoms with E-state index in [0.29, 0.717) is 0 Å². The Morgan fingerprint density at radius 2 is 1.79 bits per heavy atom. The molecule has 19 heavy (non-hydrogen) atoms. The molecule has 0 aliphatic carbocycles. The predicted octanol–water partition coefficient (Wildman–Crippen LogP) is 3.80. The number of hydrogen-bond acceptors (Lipinski definition) is 2. The minimum Gasteiger partial charge on any atom is -0.399 e. The van der Waals surface area contributed by atoms with Crippen LogP contribution in [0.4, 0.5) is 10.1 Å². The fraction of sp³-hybridized carbons (Fsp3) is 0.200. The molecule has 0 radical (unpaired) electrons. The Morgan fingerprint density at radius 3 is 2.47 bits per heavy atom. The van der Waals surface area contributed by atoms with Crippen LogP contribution in [0.2, 0.25) is 0 Å². The summed E-state index contributed by atoms with van der Waals surface area (Å²) >= 11 is 3.52. The maximum Gasteiger partial charge on any atom is 0.123 e. The molecule has 0 amide bonds. The van der Waals surface area contributed by atoms with E-state index in [0.717, 1.165) is 34.4 Å². The highest BCUT2D eigenvalue weighted by Gasteiger charge is 2.06. The van der Waals surface area contributed by atoms with Gasteiger partial charge in [0.2, 0.25) is 0 Å². The first kappa shape index (κ1) is 14.0. The summed E-state index contributed by atoms with van der Waals surface area (Å²) in [5, 5.41) is 0. The number of nitrogens with two attached hydrogens (primary N) is 1. The van der Waals surface area contributed by atoms with E-state index in [1.54, 1.807) is 12.1 Å². The number of benzene rings is 2. The van der Waals surface area contributed by atoms with Crippen molar-refractivity contribution < 1.29 is 4.39 Å². The van der Waals surface area contributed by atoms with Crippen molar-refractivity contribution in [3.05, 3.63) is 63.9 Å².